The Morgan fingerprint density at radius 3 is 2.23 bits per heavy atom. The highest BCUT2D eigenvalue weighted by molar-refractivity contribution is 5.99. The molecule has 2 fully saturated rings. The third-order valence-electron chi connectivity index (χ3n) is 6.15. The Kier molecular flexibility index (Phi) is 7.57. The molecule has 0 aromatic carbocycles. The molecule has 0 spiro atoms. The van der Waals surface area contributed by atoms with Crippen molar-refractivity contribution in [2.45, 2.75) is 71.4 Å². The van der Waals surface area contributed by atoms with E-state index in [9.17, 15) is 14.4 Å². The van der Waals surface area contributed by atoms with Crippen molar-refractivity contribution in [3.05, 3.63) is 33.7 Å². The summed E-state index contributed by atoms with van der Waals surface area (Å²) in [6.07, 6.45) is 11.2. The Balaban J connectivity index is 1.82. The van der Waals surface area contributed by atoms with Gasteiger partial charge in [-0.25, -0.2) is 0 Å². The predicted molar refractivity (Wildman–Crippen MR) is 122 cm³/mol. The fraction of sp³-hybridized carbons (Fsp3) is 0.708. The van der Waals surface area contributed by atoms with Gasteiger partial charge in [-0.2, -0.15) is 0 Å². The van der Waals surface area contributed by atoms with Crippen LogP contribution in [0.2, 0.25) is 0 Å². The molecule has 2 amide bonds. The minimum absolute atomic E-state index is 0.0555. The molecule has 1 aromatic rings. The molecule has 1 heterocycles. The maximum absolute atomic E-state index is 13.1. The molecule has 31 heavy (non-hydrogen) atoms. The molecule has 0 aliphatic heterocycles. The Bertz CT molecular complexity index is 849. The minimum atomic E-state index is -0.485. The van der Waals surface area contributed by atoms with Crippen LogP contribution < -0.4 is 16.1 Å². The van der Waals surface area contributed by atoms with Gasteiger partial charge >= 0.3 is 0 Å². The summed E-state index contributed by atoms with van der Waals surface area (Å²) in [7, 11) is 3.99. The van der Waals surface area contributed by atoms with Gasteiger partial charge in [0.25, 0.3) is 11.8 Å². The van der Waals surface area contributed by atoms with Gasteiger partial charge in [0.05, 0.1) is 0 Å². The molecular formula is C24H38N4O3. The topological polar surface area (TPSA) is 83.4 Å². The van der Waals surface area contributed by atoms with E-state index in [-0.39, 0.29) is 28.5 Å². The molecule has 0 saturated heterocycles. The summed E-state index contributed by atoms with van der Waals surface area (Å²) in [4.78, 5) is 40.8. The van der Waals surface area contributed by atoms with Crippen molar-refractivity contribution in [3.63, 3.8) is 0 Å². The van der Waals surface area contributed by atoms with Crippen molar-refractivity contribution in [2.24, 2.45) is 11.3 Å². The SMILES string of the molecule is CN(C)CC(C)(C)CNC(=O)c1cn(CC2CCCCC2)cc(C(=O)NC2CC2)c1=O. The zero-order valence-electron chi connectivity index (χ0n) is 19.5. The highest BCUT2D eigenvalue weighted by atomic mass is 16.2. The maximum Gasteiger partial charge on any atom is 0.256 e. The summed E-state index contributed by atoms with van der Waals surface area (Å²) >= 11 is 0. The summed E-state index contributed by atoms with van der Waals surface area (Å²) in [5, 5.41) is 5.82. The minimum Gasteiger partial charge on any atom is -0.352 e. The average molecular weight is 431 g/mol. The van der Waals surface area contributed by atoms with Gasteiger partial charge in [0.1, 0.15) is 11.1 Å². The van der Waals surface area contributed by atoms with Gasteiger partial charge in [0.2, 0.25) is 5.43 Å². The molecule has 3 rings (SSSR count). The van der Waals surface area contributed by atoms with Crippen LogP contribution in [-0.2, 0) is 6.54 Å². The van der Waals surface area contributed by atoms with E-state index in [4.69, 9.17) is 0 Å². The fourth-order valence-electron chi connectivity index (χ4n) is 4.55. The molecule has 172 valence electrons. The van der Waals surface area contributed by atoms with E-state index in [0.717, 1.165) is 38.8 Å². The molecule has 2 aliphatic rings. The second-order valence-electron chi connectivity index (χ2n) is 10.4. The quantitative estimate of drug-likeness (QED) is 0.631. The molecule has 2 N–H and O–H groups in total. The molecule has 1 aromatic heterocycles. The van der Waals surface area contributed by atoms with Crippen molar-refractivity contribution in [1.29, 1.82) is 0 Å². The van der Waals surface area contributed by atoms with Crippen molar-refractivity contribution in [1.82, 2.24) is 20.1 Å². The van der Waals surface area contributed by atoms with Crippen molar-refractivity contribution in [3.8, 4) is 0 Å². The van der Waals surface area contributed by atoms with Crippen LogP contribution in [0, 0.1) is 11.3 Å². The Morgan fingerprint density at radius 1 is 1.03 bits per heavy atom. The lowest BCUT2D eigenvalue weighted by Crippen LogP contribution is -2.42. The van der Waals surface area contributed by atoms with Crippen LogP contribution in [0.1, 0.15) is 79.5 Å². The first-order chi connectivity index (χ1) is 14.6. The van der Waals surface area contributed by atoms with E-state index in [1.165, 1.54) is 19.3 Å². The number of amides is 2. The number of rotatable bonds is 9. The second-order valence-corrected chi connectivity index (χ2v) is 10.4. The van der Waals surface area contributed by atoms with Gasteiger partial charge in [-0.15, -0.1) is 0 Å². The van der Waals surface area contributed by atoms with Crippen LogP contribution in [0.4, 0.5) is 0 Å². The van der Waals surface area contributed by atoms with Crippen LogP contribution in [0.3, 0.4) is 0 Å². The number of carbonyl (C=O) groups is 2. The lowest BCUT2D eigenvalue weighted by molar-refractivity contribution is 0.0927. The van der Waals surface area contributed by atoms with Gasteiger partial charge < -0.3 is 20.1 Å². The first kappa shape index (κ1) is 23.5. The summed E-state index contributed by atoms with van der Waals surface area (Å²) in [5.41, 5.74) is -0.495. The third-order valence-corrected chi connectivity index (χ3v) is 6.15. The Hall–Kier alpha value is -2.15. The predicted octanol–water partition coefficient (Wildman–Crippen LogP) is 2.64. The van der Waals surface area contributed by atoms with Crippen LogP contribution in [0.25, 0.3) is 0 Å². The van der Waals surface area contributed by atoms with Crippen LogP contribution >= 0.6 is 0 Å². The summed E-state index contributed by atoms with van der Waals surface area (Å²) in [6.45, 7) is 6.15. The summed E-state index contributed by atoms with van der Waals surface area (Å²) in [6, 6.07) is 0.156. The summed E-state index contributed by atoms with van der Waals surface area (Å²) in [5.74, 6) is -0.256. The number of hydrogen-bond acceptors (Lipinski definition) is 4. The fourth-order valence-corrected chi connectivity index (χ4v) is 4.55. The van der Waals surface area contributed by atoms with Gasteiger partial charge in [-0.3, -0.25) is 14.4 Å². The van der Waals surface area contributed by atoms with E-state index in [0.29, 0.717) is 12.5 Å². The molecule has 0 radical (unpaired) electrons. The van der Waals surface area contributed by atoms with Crippen molar-refractivity contribution < 1.29 is 9.59 Å². The van der Waals surface area contributed by atoms with Crippen LogP contribution in [0.5, 0.6) is 0 Å². The molecular weight excluding hydrogens is 392 g/mol. The third kappa shape index (κ3) is 6.92. The van der Waals surface area contributed by atoms with E-state index < -0.39 is 11.3 Å². The van der Waals surface area contributed by atoms with Crippen LogP contribution in [-0.4, -0.2) is 54.5 Å². The number of pyridine rings is 1. The standard InChI is InChI=1S/C24H38N4O3/c1-24(2,16-27(3)4)15-25-22(30)19-13-28(12-17-8-6-5-7-9-17)14-20(21(19)29)23(31)26-18-10-11-18/h13-14,17-18H,5-12,15-16H2,1-4H3,(H,25,30)(H,26,31). The van der Waals surface area contributed by atoms with Gasteiger partial charge in [-0.05, 0) is 51.1 Å². The average Bonchev–Trinajstić information content (AvgIpc) is 3.51. The van der Waals surface area contributed by atoms with Gasteiger partial charge in [-0.1, -0.05) is 33.1 Å². The molecule has 2 aliphatic carbocycles. The molecule has 0 atom stereocenters. The highest BCUT2D eigenvalue weighted by Gasteiger charge is 2.27. The van der Waals surface area contributed by atoms with Crippen molar-refractivity contribution >= 4 is 11.8 Å². The number of nitrogens with one attached hydrogen (secondary N) is 2. The first-order valence-corrected chi connectivity index (χ1v) is 11.6. The lowest BCUT2D eigenvalue weighted by atomic mass is 9.89. The largest absolute Gasteiger partial charge is 0.352 e. The van der Waals surface area contributed by atoms with E-state index >= 15 is 0 Å². The number of carbonyl (C=O) groups excluding carboxylic acids is 2. The number of aromatic nitrogens is 1. The van der Waals surface area contributed by atoms with E-state index in [1.54, 1.807) is 12.4 Å². The van der Waals surface area contributed by atoms with E-state index in [2.05, 4.69) is 29.4 Å². The Labute approximate surface area is 185 Å². The van der Waals surface area contributed by atoms with Crippen molar-refractivity contribution in [2.75, 3.05) is 27.2 Å². The number of hydrogen-bond donors (Lipinski definition) is 2. The maximum atomic E-state index is 13.1. The molecule has 0 bridgehead atoms. The van der Waals surface area contributed by atoms with Crippen LogP contribution in [0.15, 0.2) is 17.2 Å². The Morgan fingerprint density at radius 2 is 1.65 bits per heavy atom. The summed E-state index contributed by atoms with van der Waals surface area (Å²) < 4.78 is 1.89. The van der Waals surface area contributed by atoms with Gasteiger partial charge in [0.15, 0.2) is 0 Å². The smallest absolute Gasteiger partial charge is 0.256 e. The monoisotopic (exact) mass is 430 g/mol. The molecule has 7 nitrogen and oxygen atoms in total. The second kappa shape index (κ2) is 9.98. The lowest BCUT2D eigenvalue weighted by Gasteiger charge is -2.28. The van der Waals surface area contributed by atoms with Gasteiger partial charge in [0, 0.05) is 38.1 Å². The normalized spacial score (nSPS) is 17.6. The molecule has 7 heteroatoms. The molecule has 2 saturated carbocycles. The van der Waals surface area contributed by atoms with E-state index in [1.807, 2.05) is 18.7 Å². The highest BCUT2D eigenvalue weighted by Crippen LogP contribution is 2.25. The zero-order chi connectivity index (χ0) is 22.6. The number of nitrogens with zero attached hydrogens (tertiary/aromatic N) is 2. The first-order valence-electron chi connectivity index (χ1n) is 11.6. The zero-order valence-corrected chi connectivity index (χ0v) is 19.5. The molecule has 0 unspecified atom stereocenters.